The van der Waals surface area contributed by atoms with Gasteiger partial charge in [0.15, 0.2) is 6.04 Å². The van der Waals surface area contributed by atoms with E-state index in [1.54, 1.807) is 36.4 Å². The van der Waals surface area contributed by atoms with Gasteiger partial charge in [-0.15, -0.1) is 5.10 Å². The first-order chi connectivity index (χ1) is 18.5. The predicted molar refractivity (Wildman–Crippen MR) is 142 cm³/mol. The van der Waals surface area contributed by atoms with E-state index in [1.165, 1.54) is 22.8 Å². The molecule has 5 rings (SSSR count). The lowest BCUT2D eigenvalue weighted by Crippen LogP contribution is -2.48. The Morgan fingerprint density at radius 3 is 2.50 bits per heavy atom. The number of hydrogen-bond acceptors (Lipinski definition) is 6. The van der Waals surface area contributed by atoms with Gasteiger partial charge in [-0.25, -0.2) is 4.68 Å². The normalized spacial score (nSPS) is 14.7. The fourth-order valence-corrected chi connectivity index (χ4v) is 4.93. The maximum Gasteiger partial charge on any atom is 0.251 e. The zero-order chi connectivity index (χ0) is 26.5. The summed E-state index contributed by atoms with van der Waals surface area (Å²) in [5.41, 5.74) is 2.44. The summed E-state index contributed by atoms with van der Waals surface area (Å²) in [7, 11) is 0. The van der Waals surface area contributed by atoms with E-state index in [4.69, 9.17) is 4.42 Å². The summed E-state index contributed by atoms with van der Waals surface area (Å²) in [5, 5.41) is 14.2. The zero-order valence-electron chi connectivity index (χ0n) is 21.2. The number of fused-ring (bicyclic) bond motifs is 1. The molecule has 1 atom stereocenters. The molecule has 0 aliphatic heterocycles. The monoisotopic (exact) mass is 514 g/mol. The van der Waals surface area contributed by atoms with Crippen molar-refractivity contribution in [1.29, 1.82) is 0 Å². The first kappa shape index (κ1) is 25.2. The molecule has 2 N–H and O–H groups in total. The smallest absolute Gasteiger partial charge is 0.251 e. The van der Waals surface area contributed by atoms with Gasteiger partial charge < -0.3 is 15.1 Å². The van der Waals surface area contributed by atoms with Crippen LogP contribution in [-0.2, 0) is 20.9 Å². The first-order valence-corrected chi connectivity index (χ1v) is 12.8. The molecular formula is C28H30N6O4. The van der Waals surface area contributed by atoms with Crippen molar-refractivity contribution in [2.24, 2.45) is 0 Å². The topological polar surface area (TPSA) is 122 Å². The number of carbonyl (C=O) groups excluding carboxylic acids is 3. The van der Waals surface area contributed by atoms with Crippen molar-refractivity contribution < 1.29 is 18.8 Å². The molecule has 4 aromatic rings. The second-order valence-electron chi connectivity index (χ2n) is 9.49. The van der Waals surface area contributed by atoms with Crippen molar-refractivity contribution in [2.75, 3.05) is 10.2 Å². The number of aromatic nitrogens is 3. The molecule has 1 fully saturated rings. The van der Waals surface area contributed by atoms with Crippen molar-refractivity contribution in [3.05, 3.63) is 72.7 Å². The Bertz CT molecular complexity index is 1410. The number of benzene rings is 2. The maximum atomic E-state index is 14.0. The molecule has 1 aliphatic rings. The molecule has 1 aliphatic carbocycles. The van der Waals surface area contributed by atoms with Gasteiger partial charge in [0.1, 0.15) is 17.8 Å². The lowest BCUT2D eigenvalue weighted by atomic mass is 9.95. The third kappa shape index (κ3) is 5.59. The molecule has 0 radical (unpaired) electrons. The number of carbonyl (C=O) groups is 3. The van der Waals surface area contributed by atoms with Gasteiger partial charge in [-0.1, -0.05) is 36.6 Å². The summed E-state index contributed by atoms with van der Waals surface area (Å²) in [6.45, 7) is 1.29. The summed E-state index contributed by atoms with van der Waals surface area (Å²) in [6, 6.07) is 16.6. The van der Waals surface area contributed by atoms with Crippen LogP contribution in [0.2, 0.25) is 0 Å². The van der Waals surface area contributed by atoms with Crippen molar-refractivity contribution in [3.63, 3.8) is 0 Å². The predicted octanol–water partition coefficient (Wildman–Crippen LogP) is 4.21. The van der Waals surface area contributed by atoms with Gasteiger partial charge >= 0.3 is 0 Å². The Morgan fingerprint density at radius 2 is 1.79 bits per heavy atom. The standard InChI is InChI=1S/C28H30N6O4/c1-19(35)29-21-13-15-22(16-14-21)34(26(36)18-33-24-11-6-5-10-23(24)31-32-33)27(25-12-7-17-38-25)28(37)30-20-8-3-2-4-9-20/h5-7,10-17,20,27H,2-4,8-9,18H2,1H3,(H,29,35)(H,30,37)/t27-/m1/s1. The lowest BCUT2D eigenvalue weighted by molar-refractivity contribution is -0.128. The number of furan rings is 1. The molecule has 2 aromatic carbocycles. The van der Waals surface area contributed by atoms with Crippen molar-refractivity contribution in [3.8, 4) is 0 Å². The molecule has 2 heterocycles. The number of rotatable bonds is 8. The number of nitrogens with zero attached hydrogens (tertiary/aromatic N) is 4. The highest BCUT2D eigenvalue weighted by Gasteiger charge is 2.36. The van der Waals surface area contributed by atoms with E-state index in [0.29, 0.717) is 28.2 Å². The molecule has 196 valence electrons. The SMILES string of the molecule is CC(=O)Nc1ccc(N(C(=O)Cn2nnc3ccccc32)[C@@H](C(=O)NC2CCCCC2)c2ccco2)cc1. The molecule has 0 bridgehead atoms. The Labute approximate surface area is 220 Å². The first-order valence-electron chi connectivity index (χ1n) is 12.8. The van der Waals surface area contributed by atoms with E-state index in [-0.39, 0.29) is 30.3 Å². The highest BCUT2D eigenvalue weighted by atomic mass is 16.3. The van der Waals surface area contributed by atoms with Gasteiger partial charge in [0.25, 0.3) is 5.91 Å². The molecule has 38 heavy (non-hydrogen) atoms. The quantitative estimate of drug-likeness (QED) is 0.363. The van der Waals surface area contributed by atoms with Crippen LogP contribution < -0.4 is 15.5 Å². The Morgan fingerprint density at radius 1 is 1.03 bits per heavy atom. The minimum absolute atomic E-state index is 0.0482. The Kier molecular flexibility index (Phi) is 7.48. The van der Waals surface area contributed by atoms with E-state index < -0.39 is 6.04 Å². The van der Waals surface area contributed by atoms with E-state index in [9.17, 15) is 14.4 Å². The van der Waals surface area contributed by atoms with E-state index in [2.05, 4.69) is 20.9 Å². The minimum Gasteiger partial charge on any atom is -0.467 e. The second-order valence-corrected chi connectivity index (χ2v) is 9.49. The third-order valence-electron chi connectivity index (χ3n) is 6.71. The van der Waals surface area contributed by atoms with Crippen molar-refractivity contribution in [2.45, 2.75) is 57.7 Å². The molecule has 0 spiro atoms. The van der Waals surface area contributed by atoms with Gasteiger partial charge in [-0.05, 0) is 61.4 Å². The fraction of sp³-hybridized carbons (Fsp3) is 0.321. The van der Waals surface area contributed by atoms with Crippen LogP contribution in [0.15, 0.2) is 71.3 Å². The summed E-state index contributed by atoms with van der Waals surface area (Å²) in [5.74, 6) is -0.534. The molecule has 10 nitrogen and oxygen atoms in total. The van der Waals surface area contributed by atoms with Crippen LogP contribution in [-0.4, -0.2) is 38.8 Å². The van der Waals surface area contributed by atoms with E-state index >= 15 is 0 Å². The Hall–Kier alpha value is -4.47. The van der Waals surface area contributed by atoms with Crippen molar-refractivity contribution in [1.82, 2.24) is 20.3 Å². The number of nitrogens with one attached hydrogen (secondary N) is 2. The van der Waals surface area contributed by atoms with Crippen LogP contribution in [0.25, 0.3) is 11.0 Å². The summed E-state index contributed by atoms with van der Waals surface area (Å²) in [4.78, 5) is 40.7. The number of para-hydroxylation sites is 1. The number of amides is 3. The summed E-state index contributed by atoms with van der Waals surface area (Å²) < 4.78 is 7.22. The third-order valence-corrected chi connectivity index (χ3v) is 6.71. The van der Waals surface area contributed by atoms with Gasteiger partial charge in [-0.2, -0.15) is 0 Å². The van der Waals surface area contributed by atoms with Crippen LogP contribution in [0, 0.1) is 0 Å². The van der Waals surface area contributed by atoms with Crippen LogP contribution >= 0.6 is 0 Å². The fourth-order valence-electron chi connectivity index (χ4n) is 4.93. The van der Waals surface area contributed by atoms with Crippen LogP contribution in [0.4, 0.5) is 11.4 Å². The highest BCUT2D eigenvalue weighted by molar-refractivity contribution is 6.01. The average molecular weight is 515 g/mol. The molecule has 2 aromatic heterocycles. The molecule has 3 amide bonds. The van der Waals surface area contributed by atoms with Crippen LogP contribution in [0.3, 0.4) is 0 Å². The van der Waals surface area contributed by atoms with E-state index in [1.807, 2.05) is 24.3 Å². The largest absolute Gasteiger partial charge is 0.467 e. The van der Waals surface area contributed by atoms with Crippen LogP contribution in [0.5, 0.6) is 0 Å². The number of anilines is 2. The van der Waals surface area contributed by atoms with Gasteiger partial charge in [0.2, 0.25) is 11.8 Å². The molecular weight excluding hydrogens is 484 g/mol. The van der Waals surface area contributed by atoms with Gasteiger partial charge in [0, 0.05) is 24.3 Å². The molecule has 0 unspecified atom stereocenters. The molecule has 10 heteroatoms. The summed E-state index contributed by atoms with van der Waals surface area (Å²) >= 11 is 0. The Balaban J connectivity index is 1.52. The lowest BCUT2D eigenvalue weighted by Gasteiger charge is -2.32. The van der Waals surface area contributed by atoms with Crippen LogP contribution in [0.1, 0.15) is 50.8 Å². The molecule has 1 saturated carbocycles. The second kappa shape index (κ2) is 11.3. The average Bonchev–Trinajstić information content (AvgIpc) is 3.59. The van der Waals surface area contributed by atoms with Gasteiger partial charge in [-0.3, -0.25) is 19.3 Å². The minimum atomic E-state index is -1.04. The number of hydrogen-bond donors (Lipinski definition) is 2. The molecule has 0 saturated heterocycles. The van der Waals surface area contributed by atoms with E-state index in [0.717, 1.165) is 32.1 Å². The highest BCUT2D eigenvalue weighted by Crippen LogP contribution is 2.31. The summed E-state index contributed by atoms with van der Waals surface area (Å²) in [6.07, 6.45) is 6.57. The van der Waals surface area contributed by atoms with Gasteiger partial charge in [0.05, 0.1) is 11.8 Å². The zero-order valence-corrected chi connectivity index (χ0v) is 21.2. The van der Waals surface area contributed by atoms with Crippen molar-refractivity contribution >= 4 is 40.1 Å². The maximum absolute atomic E-state index is 14.0.